The van der Waals surface area contributed by atoms with Crippen molar-refractivity contribution < 1.29 is 9.90 Å². The Kier molecular flexibility index (Phi) is 7.41. The van der Waals surface area contributed by atoms with Crippen LogP contribution in [0, 0.1) is 22.7 Å². The molecule has 1 unspecified atom stereocenters. The fraction of sp³-hybridized carbons (Fsp3) is 0.867. The monoisotopic (exact) mass is 327 g/mol. The van der Waals surface area contributed by atoms with E-state index >= 15 is 0 Å². The van der Waals surface area contributed by atoms with Crippen molar-refractivity contribution in [1.82, 2.24) is 5.32 Å². The number of carbonyl (C=O) groups is 1. The number of aliphatic imine (C=N–C) groups is 1. The number of aliphatic hydroxyl groups is 1. The highest BCUT2D eigenvalue weighted by molar-refractivity contribution is 5.76. The minimum atomic E-state index is -0.779. The Morgan fingerprint density at radius 3 is 2.39 bits per heavy atom. The molecule has 6 N–H and O–H groups in total. The maximum absolute atomic E-state index is 11.6. The van der Waals surface area contributed by atoms with Gasteiger partial charge in [0.05, 0.1) is 18.7 Å². The molecule has 132 valence electrons. The molecule has 0 bridgehead atoms. The van der Waals surface area contributed by atoms with E-state index in [-0.39, 0.29) is 48.2 Å². The van der Waals surface area contributed by atoms with Gasteiger partial charge in [0, 0.05) is 24.8 Å². The molecule has 8 heteroatoms. The zero-order valence-electron chi connectivity index (χ0n) is 14.1. The van der Waals surface area contributed by atoms with E-state index in [1.807, 2.05) is 13.8 Å². The van der Waals surface area contributed by atoms with Gasteiger partial charge in [-0.1, -0.05) is 31.9 Å². The number of carbonyl (C=O) groups excluding carboxylic acids is 1. The second kappa shape index (κ2) is 8.81. The van der Waals surface area contributed by atoms with Crippen LogP contribution in [0.1, 0.15) is 40.0 Å². The van der Waals surface area contributed by atoms with Crippen LogP contribution in [0.3, 0.4) is 0 Å². The van der Waals surface area contributed by atoms with Crippen LogP contribution in [-0.2, 0) is 4.79 Å². The zero-order chi connectivity index (χ0) is 17.6. The van der Waals surface area contributed by atoms with Crippen molar-refractivity contribution in [2.75, 3.05) is 6.54 Å². The van der Waals surface area contributed by atoms with Gasteiger partial charge in [-0.25, -0.2) is 4.99 Å². The molecule has 0 aromatic carbocycles. The zero-order valence-corrected chi connectivity index (χ0v) is 14.1. The predicted octanol–water partition coefficient (Wildman–Crippen LogP) is 0.333. The number of guanidine groups is 1. The predicted molar refractivity (Wildman–Crippen MR) is 89.5 cm³/mol. The van der Waals surface area contributed by atoms with Gasteiger partial charge in [0.1, 0.15) is 0 Å². The quantitative estimate of drug-likeness (QED) is 0.288. The molecule has 8 nitrogen and oxygen atoms in total. The van der Waals surface area contributed by atoms with Gasteiger partial charge in [-0.3, -0.25) is 4.79 Å². The molecule has 1 rings (SSSR count). The molecule has 0 aromatic heterocycles. The molecule has 1 aliphatic rings. The van der Waals surface area contributed by atoms with Crippen LogP contribution in [0.5, 0.6) is 0 Å². The second-order valence-electron chi connectivity index (χ2n) is 6.30. The number of nitrogens with one attached hydrogen (secondary N) is 1. The summed E-state index contributed by atoms with van der Waals surface area (Å²) in [6, 6.07) is -0.582. The second-order valence-corrected chi connectivity index (χ2v) is 6.30. The molecule has 0 spiro atoms. The summed E-state index contributed by atoms with van der Waals surface area (Å²) in [5.74, 6) is -0.653. The Bertz CT molecular complexity index is 435. The lowest BCUT2D eigenvalue weighted by Crippen LogP contribution is -2.50. The Labute approximate surface area is 137 Å². The number of hydrogen-bond donors (Lipinski definition) is 4. The fourth-order valence-electron chi connectivity index (χ4n) is 3.77. The van der Waals surface area contributed by atoms with Gasteiger partial charge in [-0.2, -0.15) is 4.91 Å². The average Bonchev–Trinajstić information content (AvgIpc) is 2.74. The molecular formula is C15H29N5O3. The van der Waals surface area contributed by atoms with Gasteiger partial charge in [0.15, 0.2) is 5.96 Å². The van der Waals surface area contributed by atoms with Crippen LogP contribution >= 0.6 is 0 Å². The highest BCUT2D eigenvalue weighted by Crippen LogP contribution is 2.39. The third-order valence-corrected chi connectivity index (χ3v) is 4.83. The standard InChI is InChI=1S/C15H29N5O3/c1-4-9(5-2)13(19-8(3)21)12-11(20-15(16)17)6-10(7-18-23)14(12)22/h9-14,22H,4-7H2,1-3H3,(H,19,21)(H4,16,17,20)/t10-,11-,12-,13?,14-/m1/s1. The van der Waals surface area contributed by atoms with Gasteiger partial charge in [-0.15, -0.1) is 0 Å². The molecule has 5 atom stereocenters. The number of nitrogens with two attached hydrogens (primary N) is 2. The van der Waals surface area contributed by atoms with E-state index in [0.717, 1.165) is 12.8 Å². The number of hydrogen-bond acceptors (Lipinski definition) is 5. The first-order valence-electron chi connectivity index (χ1n) is 8.18. The lowest BCUT2D eigenvalue weighted by Gasteiger charge is -2.35. The maximum atomic E-state index is 11.6. The third-order valence-electron chi connectivity index (χ3n) is 4.83. The Balaban J connectivity index is 3.17. The third kappa shape index (κ3) is 4.89. The lowest BCUT2D eigenvalue weighted by molar-refractivity contribution is -0.121. The van der Waals surface area contributed by atoms with E-state index in [2.05, 4.69) is 15.5 Å². The summed E-state index contributed by atoms with van der Waals surface area (Å²) in [5.41, 5.74) is 11.0. The van der Waals surface area contributed by atoms with Crippen molar-refractivity contribution in [2.24, 2.45) is 39.4 Å². The van der Waals surface area contributed by atoms with Gasteiger partial charge >= 0.3 is 0 Å². The molecule has 1 aliphatic carbocycles. The summed E-state index contributed by atoms with van der Waals surface area (Å²) < 4.78 is 0. The minimum absolute atomic E-state index is 0.0177. The molecule has 0 saturated heterocycles. The summed E-state index contributed by atoms with van der Waals surface area (Å²) in [7, 11) is 0. The molecule has 1 saturated carbocycles. The summed E-state index contributed by atoms with van der Waals surface area (Å²) in [4.78, 5) is 26.5. The van der Waals surface area contributed by atoms with Gasteiger partial charge < -0.3 is 21.9 Å². The first-order chi connectivity index (χ1) is 10.8. The molecule has 0 radical (unpaired) electrons. The molecule has 0 aliphatic heterocycles. The van der Waals surface area contributed by atoms with Crippen LogP contribution in [0.25, 0.3) is 0 Å². The molecule has 0 aromatic rings. The highest BCUT2D eigenvalue weighted by Gasteiger charge is 2.48. The fourth-order valence-corrected chi connectivity index (χ4v) is 3.77. The summed E-state index contributed by atoms with van der Waals surface area (Å²) in [5, 5.41) is 16.6. The van der Waals surface area contributed by atoms with Crippen molar-refractivity contribution in [2.45, 2.75) is 58.2 Å². The summed E-state index contributed by atoms with van der Waals surface area (Å²) >= 11 is 0. The lowest BCUT2D eigenvalue weighted by atomic mass is 9.80. The number of aliphatic hydroxyl groups excluding tert-OH is 1. The van der Waals surface area contributed by atoms with E-state index in [9.17, 15) is 14.8 Å². The van der Waals surface area contributed by atoms with Gasteiger partial charge in [0.2, 0.25) is 5.91 Å². The topological polar surface area (TPSA) is 143 Å². The van der Waals surface area contributed by atoms with Crippen LogP contribution in [0.15, 0.2) is 10.2 Å². The highest BCUT2D eigenvalue weighted by atomic mass is 16.3. The smallest absolute Gasteiger partial charge is 0.217 e. The minimum Gasteiger partial charge on any atom is -0.392 e. The molecule has 0 heterocycles. The van der Waals surface area contributed by atoms with E-state index < -0.39 is 6.10 Å². The van der Waals surface area contributed by atoms with E-state index in [0.29, 0.717) is 6.42 Å². The van der Waals surface area contributed by atoms with E-state index in [4.69, 9.17) is 11.5 Å². The average molecular weight is 327 g/mol. The van der Waals surface area contributed by atoms with Crippen molar-refractivity contribution in [3.63, 3.8) is 0 Å². The van der Waals surface area contributed by atoms with Gasteiger partial charge in [-0.05, 0) is 12.3 Å². The van der Waals surface area contributed by atoms with E-state index in [1.165, 1.54) is 6.92 Å². The summed E-state index contributed by atoms with van der Waals surface area (Å²) in [6.45, 7) is 5.56. The number of nitroso groups, excluding NO2 is 1. The van der Waals surface area contributed by atoms with Crippen molar-refractivity contribution >= 4 is 11.9 Å². The van der Waals surface area contributed by atoms with Crippen molar-refractivity contribution in [3.8, 4) is 0 Å². The van der Waals surface area contributed by atoms with Crippen LogP contribution in [0.4, 0.5) is 0 Å². The molecule has 1 amide bonds. The molecular weight excluding hydrogens is 298 g/mol. The number of rotatable bonds is 8. The largest absolute Gasteiger partial charge is 0.392 e. The van der Waals surface area contributed by atoms with Crippen LogP contribution < -0.4 is 16.8 Å². The summed E-state index contributed by atoms with van der Waals surface area (Å²) in [6.07, 6.45) is 1.41. The van der Waals surface area contributed by atoms with Crippen molar-refractivity contribution in [1.29, 1.82) is 0 Å². The first-order valence-corrected chi connectivity index (χ1v) is 8.18. The normalized spacial score (nSPS) is 28.4. The van der Waals surface area contributed by atoms with Gasteiger partial charge in [0.25, 0.3) is 0 Å². The number of nitrogens with zero attached hydrogens (tertiary/aromatic N) is 2. The van der Waals surface area contributed by atoms with Crippen LogP contribution in [-0.4, -0.2) is 41.7 Å². The Morgan fingerprint density at radius 2 is 1.96 bits per heavy atom. The van der Waals surface area contributed by atoms with Crippen LogP contribution in [0.2, 0.25) is 0 Å². The Morgan fingerprint density at radius 1 is 1.35 bits per heavy atom. The number of amides is 1. The molecule has 1 fully saturated rings. The Hall–Kier alpha value is -1.70. The first kappa shape index (κ1) is 19.3. The molecule has 23 heavy (non-hydrogen) atoms. The maximum Gasteiger partial charge on any atom is 0.217 e. The van der Waals surface area contributed by atoms with Crippen molar-refractivity contribution in [3.05, 3.63) is 4.91 Å². The van der Waals surface area contributed by atoms with E-state index in [1.54, 1.807) is 0 Å². The SMILES string of the molecule is CCC(CC)C(NC(C)=O)[C@@H]1[C@H](O)[C@@H](CN=O)C[C@H]1N=C(N)N.